The van der Waals surface area contributed by atoms with Crippen LogP contribution in [0.25, 0.3) is 0 Å². The summed E-state index contributed by atoms with van der Waals surface area (Å²) in [6, 6.07) is 5.54. The molecule has 23 heavy (non-hydrogen) atoms. The van der Waals surface area contributed by atoms with Crippen molar-refractivity contribution in [2.75, 3.05) is 19.6 Å². The monoisotopic (exact) mass is 343 g/mol. The standard InChI is InChI=1S/C16H22FN3O2.ClH/c17-13-7-5-12(6-8-13)16(22)19-9-1-4-15(21)20-10-2-3-14(20)11-18;/h5-8,14H,1-4,9-11,18H2,(H,19,22);1H. The maximum Gasteiger partial charge on any atom is 0.251 e. The van der Waals surface area contributed by atoms with Crippen LogP contribution in [0.15, 0.2) is 24.3 Å². The largest absolute Gasteiger partial charge is 0.352 e. The number of hydrogen-bond acceptors (Lipinski definition) is 3. The van der Waals surface area contributed by atoms with Gasteiger partial charge >= 0.3 is 0 Å². The van der Waals surface area contributed by atoms with Crippen LogP contribution in [-0.4, -0.2) is 42.4 Å². The third-order valence-corrected chi connectivity index (χ3v) is 3.93. The van der Waals surface area contributed by atoms with E-state index in [1.165, 1.54) is 24.3 Å². The number of amides is 2. The number of likely N-dealkylation sites (tertiary alicyclic amines) is 1. The van der Waals surface area contributed by atoms with Gasteiger partial charge in [0.1, 0.15) is 5.82 Å². The first-order valence-corrected chi connectivity index (χ1v) is 7.65. The molecule has 1 atom stereocenters. The maximum absolute atomic E-state index is 12.8. The van der Waals surface area contributed by atoms with Gasteiger partial charge in [-0.15, -0.1) is 12.4 Å². The highest BCUT2D eigenvalue weighted by molar-refractivity contribution is 5.94. The summed E-state index contributed by atoms with van der Waals surface area (Å²) in [7, 11) is 0. The Balaban J connectivity index is 0.00000264. The fourth-order valence-corrected chi connectivity index (χ4v) is 2.70. The predicted molar refractivity (Wildman–Crippen MR) is 89.0 cm³/mol. The molecule has 1 aromatic carbocycles. The molecule has 0 spiro atoms. The molecule has 1 unspecified atom stereocenters. The van der Waals surface area contributed by atoms with E-state index in [-0.39, 0.29) is 36.1 Å². The summed E-state index contributed by atoms with van der Waals surface area (Å²) in [4.78, 5) is 25.7. The Kier molecular flexibility index (Phi) is 7.98. The van der Waals surface area contributed by atoms with Gasteiger partial charge in [-0.2, -0.15) is 0 Å². The number of hydrogen-bond donors (Lipinski definition) is 2. The molecule has 7 heteroatoms. The molecule has 1 aliphatic heterocycles. The second kappa shape index (κ2) is 9.47. The predicted octanol–water partition coefficient (Wildman–Crippen LogP) is 1.71. The van der Waals surface area contributed by atoms with E-state index in [1.54, 1.807) is 0 Å². The Labute approximate surface area is 141 Å². The molecule has 2 amide bonds. The molecule has 0 saturated carbocycles. The summed E-state index contributed by atoms with van der Waals surface area (Å²) in [5, 5.41) is 2.73. The minimum absolute atomic E-state index is 0. The van der Waals surface area contributed by atoms with Crippen molar-refractivity contribution in [1.82, 2.24) is 10.2 Å². The van der Waals surface area contributed by atoms with E-state index < -0.39 is 0 Å². The molecule has 1 heterocycles. The molecule has 1 aromatic rings. The van der Waals surface area contributed by atoms with Crippen molar-refractivity contribution in [3.63, 3.8) is 0 Å². The first-order chi connectivity index (χ1) is 10.6. The van der Waals surface area contributed by atoms with Gasteiger partial charge in [0.25, 0.3) is 5.91 Å². The van der Waals surface area contributed by atoms with E-state index in [9.17, 15) is 14.0 Å². The van der Waals surface area contributed by atoms with E-state index in [0.29, 0.717) is 31.5 Å². The minimum Gasteiger partial charge on any atom is -0.352 e. The topological polar surface area (TPSA) is 75.4 Å². The van der Waals surface area contributed by atoms with Gasteiger partial charge in [-0.25, -0.2) is 4.39 Å². The SMILES string of the molecule is Cl.NCC1CCCN1C(=O)CCCNC(=O)c1ccc(F)cc1. The number of rotatable bonds is 6. The van der Waals surface area contributed by atoms with Crippen molar-refractivity contribution >= 4 is 24.2 Å². The second-order valence-corrected chi connectivity index (χ2v) is 5.49. The maximum atomic E-state index is 12.8. The summed E-state index contributed by atoms with van der Waals surface area (Å²) in [6.45, 7) is 1.71. The minimum atomic E-state index is -0.373. The van der Waals surface area contributed by atoms with Crippen LogP contribution in [0.1, 0.15) is 36.0 Å². The number of benzene rings is 1. The molecule has 128 valence electrons. The summed E-state index contributed by atoms with van der Waals surface area (Å²) < 4.78 is 12.8. The lowest BCUT2D eigenvalue weighted by Crippen LogP contribution is -2.40. The number of nitrogens with two attached hydrogens (primary N) is 1. The number of carbonyl (C=O) groups is 2. The second-order valence-electron chi connectivity index (χ2n) is 5.49. The van der Waals surface area contributed by atoms with E-state index in [0.717, 1.165) is 19.4 Å². The summed E-state index contributed by atoms with van der Waals surface area (Å²) in [6.07, 6.45) is 2.97. The smallest absolute Gasteiger partial charge is 0.251 e. The van der Waals surface area contributed by atoms with Gasteiger partial charge in [0.15, 0.2) is 0 Å². The lowest BCUT2D eigenvalue weighted by molar-refractivity contribution is -0.131. The van der Waals surface area contributed by atoms with E-state index in [1.807, 2.05) is 4.90 Å². The van der Waals surface area contributed by atoms with Crippen LogP contribution < -0.4 is 11.1 Å². The molecule has 1 fully saturated rings. The Morgan fingerprint density at radius 2 is 2.00 bits per heavy atom. The van der Waals surface area contributed by atoms with Crippen molar-refractivity contribution < 1.29 is 14.0 Å². The van der Waals surface area contributed by atoms with Crippen LogP contribution in [0.2, 0.25) is 0 Å². The van der Waals surface area contributed by atoms with Crippen molar-refractivity contribution in [3.8, 4) is 0 Å². The molecule has 2 rings (SSSR count). The quantitative estimate of drug-likeness (QED) is 0.772. The molecule has 5 nitrogen and oxygen atoms in total. The third-order valence-electron chi connectivity index (χ3n) is 3.93. The lowest BCUT2D eigenvalue weighted by Gasteiger charge is -2.23. The number of nitrogens with zero attached hydrogens (tertiary/aromatic N) is 1. The Morgan fingerprint density at radius 1 is 1.30 bits per heavy atom. The molecule has 0 bridgehead atoms. The fourth-order valence-electron chi connectivity index (χ4n) is 2.70. The zero-order valence-electron chi connectivity index (χ0n) is 13.0. The van der Waals surface area contributed by atoms with E-state index in [4.69, 9.17) is 5.73 Å². The zero-order chi connectivity index (χ0) is 15.9. The van der Waals surface area contributed by atoms with Crippen LogP contribution >= 0.6 is 12.4 Å². The van der Waals surface area contributed by atoms with E-state index in [2.05, 4.69) is 5.32 Å². The Hall–Kier alpha value is -1.66. The Morgan fingerprint density at radius 3 is 2.65 bits per heavy atom. The van der Waals surface area contributed by atoms with Gasteiger partial charge in [-0.1, -0.05) is 0 Å². The summed E-state index contributed by atoms with van der Waals surface area (Å²) in [5.74, 6) is -0.528. The third kappa shape index (κ3) is 5.48. The van der Waals surface area contributed by atoms with Crippen molar-refractivity contribution in [3.05, 3.63) is 35.6 Å². The summed E-state index contributed by atoms with van der Waals surface area (Å²) >= 11 is 0. The van der Waals surface area contributed by atoms with Crippen molar-refractivity contribution in [2.45, 2.75) is 31.7 Å². The van der Waals surface area contributed by atoms with Gasteiger partial charge in [0.05, 0.1) is 0 Å². The van der Waals surface area contributed by atoms with Gasteiger partial charge in [0.2, 0.25) is 5.91 Å². The first-order valence-electron chi connectivity index (χ1n) is 7.65. The molecular weight excluding hydrogens is 321 g/mol. The fraction of sp³-hybridized carbons (Fsp3) is 0.500. The molecule has 3 N–H and O–H groups in total. The molecule has 0 aliphatic carbocycles. The average Bonchev–Trinajstić information content (AvgIpc) is 3.00. The highest BCUT2D eigenvalue weighted by atomic mass is 35.5. The molecule has 0 radical (unpaired) electrons. The highest BCUT2D eigenvalue weighted by Gasteiger charge is 2.26. The van der Waals surface area contributed by atoms with Crippen molar-refractivity contribution in [2.24, 2.45) is 5.73 Å². The Bertz CT molecular complexity index is 525. The zero-order valence-corrected chi connectivity index (χ0v) is 13.8. The van der Waals surface area contributed by atoms with Crippen LogP contribution in [0, 0.1) is 5.82 Å². The summed E-state index contributed by atoms with van der Waals surface area (Å²) in [5.41, 5.74) is 6.07. The molecular formula is C16H23ClFN3O2. The molecule has 1 saturated heterocycles. The normalized spacial score (nSPS) is 16.8. The number of nitrogens with one attached hydrogen (secondary N) is 1. The highest BCUT2D eigenvalue weighted by Crippen LogP contribution is 2.17. The van der Waals surface area contributed by atoms with Crippen LogP contribution in [0.3, 0.4) is 0 Å². The molecule has 0 aromatic heterocycles. The van der Waals surface area contributed by atoms with Gasteiger partial charge < -0.3 is 16.0 Å². The number of carbonyl (C=O) groups excluding carboxylic acids is 2. The lowest BCUT2D eigenvalue weighted by atomic mass is 10.2. The van der Waals surface area contributed by atoms with Gasteiger partial charge in [-0.3, -0.25) is 9.59 Å². The number of halogens is 2. The van der Waals surface area contributed by atoms with Gasteiger partial charge in [0, 0.05) is 37.7 Å². The van der Waals surface area contributed by atoms with Crippen LogP contribution in [0.4, 0.5) is 4.39 Å². The van der Waals surface area contributed by atoms with Crippen LogP contribution in [0.5, 0.6) is 0 Å². The van der Waals surface area contributed by atoms with Crippen LogP contribution in [-0.2, 0) is 4.79 Å². The average molecular weight is 344 g/mol. The van der Waals surface area contributed by atoms with Gasteiger partial charge in [-0.05, 0) is 43.5 Å². The van der Waals surface area contributed by atoms with E-state index >= 15 is 0 Å². The van der Waals surface area contributed by atoms with Crippen molar-refractivity contribution in [1.29, 1.82) is 0 Å². The molecule has 1 aliphatic rings. The first kappa shape index (κ1) is 19.4.